The fourth-order valence-corrected chi connectivity index (χ4v) is 4.07. The summed E-state index contributed by atoms with van der Waals surface area (Å²) in [6.45, 7) is 5.60. The van der Waals surface area contributed by atoms with E-state index in [1.54, 1.807) is 6.20 Å². The van der Waals surface area contributed by atoms with E-state index in [-0.39, 0.29) is 18.1 Å². The maximum absolute atomic E-state index is 13.1. The highest BCUT2D eigenvalue weighted by Gasteiger charge is 2.31. The van der Waals surface area contributed by atoms with E-state index in [4.69, 9.17) is 4.74 Å². The molecule has 6 heteroatoms. The Kier molecular flexibility index (Phi) is 6.31. The fraction of sp³-hybridized carbons (Fsp3) is 0.455. The molecule has 1 N–H and O–H groups in total. The molecule has 6 nitrogen and oxygen atoms in total. The van der Waals surface area contributed by atoms with Crippen LogP contribution in [0.3, 0.4) is 0 Å². The van der Waals surface area contributed by atoms with E-state index >= 15 is 0 Å². The van der Waals surface area contributed by atoms with E-state index in [1.807, 2.05) is 29.3 Å². The van der Waals surface area contributed by atoms with Crippen LogP contribution in [-0.4, -0.2) is 66.1 Å². The summed E-state index contributed by atoms with van der Waals surface area (Å²) in [7, 11) is 0. The summed E-state index contributed by atoms with van der Waals surface area (Å²) in [5.74, 6) is 0.168. The predicted octanol–water partition coefficient (Wildman–Crippen LogP) is 1.85. The van der Waals surface area contributed by atoms with Crippen LogP contribution in [-0.2, 0) is 16.1 Å². The molecule has 2 saturated heterocycles. The molecular weight excluding hydrogens is 352 g/mol. The Morgan fingerprint density at radius 3 is 2.89 bits per heavy atom. The van der Waals surface area contributed by atoms with Gasteiger partial charge in [-0.05, 0) is 17.2 Å². The predicted molar refractivity (Wildman–Crippen MR) is 108 cm³/mol. The zero-order valence-electron chi connectivity index (χ0n) is 16.2. The molecule has 0 bridgehead atoms. The van der Waals surface area contributed by atoms with Gasteiger partial charge in [0.2, 0.25) is 5.91 Å². The second kappa shape index (κ2) is 9.28. The lowest BCUT2D eigenvalue weighted by Crippen LogP contribution is -2.50. The molecule has 2 aromatic rings. The molecule has 2 unspecified atom stereocenters. The molecule has 2 aliphatic heterocycles. The highest BCUT2D eigenvalue weighted by Crippen LogP contribution is 2.23. The number of nitrogens with zero attached hydrogens (tertiary/aromatic N) is 3. The molecule has 0 radical (unpaired) electrons. The molecule has 1 amide bonds. The first-order valence-corrected chi connectivity index (χ1v) is 10.1. The fourth-order valence-electron chi connectivity index (χ4n) is 4.07. The third-order valence-electron chi connectivity index (χ3n) is 5.51. The number of rotatable bonds is 5. The number of morpholine rings is 1. The summed E-state index contributed by atoms with van der Waals surface area (Å²) in [5.41, 5.74) is 2.38. The zero-order valence-corrected chi connectivity index (χ0v) is 16.2. The molecule has 148 valence electrons. The van der Waals surface area contributed by atoms with Gasteiger partial charge in [-0.3, -0.25) is 14.7 Å². The van der Waals surface area contributed by atoms with Crippen molar-refractivity contribution < 1.29 is 9.53 Å². The molecule has 0 aliphatic carbocycles. The highest BCUT2D eigenvalue weighted by molar-refractivity contribution is 5.77. The van der Waals surface area contributed by atoms with Crippen molar-refractivity contribution in [2.75, 3.05) is 39.3 Å². The number of piperazine rings is 1. The normalized spacial score (nSPS) is 23.5. The maximum atomic E-state index is 13.1. The van der Waals surface area contributed by atoms with E-state index in [2.05, 4.69) is 39.5 Å². The second-order valence-corrected chi connectivity index (χ2v) is 7.51. The van der Waals surface area contributed by atoms with E-state index in [0.29, 0.717) is 13.0 Å². The van der Waals surface area contributed by atoms with Gasteiger partial charge in [0.05, 0.1) is 25.2 Å². The van der Waals surface area contributed by atoms with Crippen molar-refractivity contribution in [1.29, 1.82) is 0 Å². The number of pyridine rings is 1. The minimum Gasteiger partial charge on any atom is -0.375 e. The first kappa shape index (κ1) is 19.1. The smallest absolute Gasteiger partial charge is 0.225 e. The Labute approximate surface area is 166 Å². The minimum atomic E-state index is -0.0469. The van der Waals surface area contributed by atoms with E-state index in [9.17, 15) is 4.79 Å². The summed E-state index contributed by atoms with van der Waals surface area (Å²) >= 11 is 0. The van der Waals surface area contributed by atoms with Crippen molar-refractivity contribution >= 4 is 5.91 Å². The lowest BCUT2D eigenvalue weighted by Gasteiger charge is -2.38. The van der Waals surface area contributed by atoms with Crippen LogP contribution in [0.4, 0.5) is 0 Å². The van der Waals surface area contributed by atoms with Gasteiger partial charge in [-0.1, -0.05) is 36.4 Å². The Balaban J connectivity index is 1.36. The number of amides is 1. The third kappa shape index (κ3) is 4.76. The van der Waals surface area contributed by atoms with Gasteiger partial charge in [-0.2, -0.15) is 0 Å². The van der Waals surface area contributed by atoms with Gasteiger partial charge in [0.25, 0.3) is 0 Å². The van der Waals surface area contributed by atoms with Gasteiger partial charge < -0.3 is 15.0 Å². The molecule has 2 atom stereocenters. The highest BCUT2D eigenvalue weighted by atomic mass is 16.5. The van der Waals surface area contributed by atoms with E-state index < -0.39 is 0 Å². The second-order valence-electron chi connectivity index (χ2n) is 7.51. The van der Waals surface area contributed by atoms with Crippen molar-refractivity contribution in [3.05, 3.63) is 66.0 Å². The summed E-state index contributed by atoms with van der Waals surface area (Å²) in [5, 5.41) is 3.40. The van der Waals surface area contributed by atoms with Gasteiger partial charge >= 0.3 is 0 Å². The molecular formula is C22H28N4O2. The molecule has 1 aromatic carbocycles. The van der Waals surface area contributed by atoms with E-state index in [1.165, 1.54) is 5.56 Å². The van der Waals surface area contributed by atoms with Gasteiger partial charge in [-0.25, -0.2) is 0 Å². The van der Waals surface area contributed by atoms with Crippen LogP contribution in [0.25, 0.3) is 0 Å². The number of ether oxygens (including phenoxy) is 1. The SMILES string of the molecule is O=C(CC1CN(Cc2ccccc2)CCO1)N1CCNCC1c1cccnc1. The largest absolute Gasteiger partial charge is 0.375 e. The van der Waals surface area contributed by atoms with Gasteiger partial charge in [0, 0.05) is 51.7 Å². The number of aromatic nitrogens is 1. The average Bonchev–Trinajstić information content (AvgIpc) is 2.75. The summed E-state index contributed by atoms with van der Waals surface area (Å²) < 4.78 is 5.93. The first-order valence-electron chi connectivity index (χ1n) is 10.1. The molecule has 2 fully saturated rings. The molecule has 1 aromatic heterocycles. The number of hydrogen-bond acceptors (Lipinski definition) is 5. The number of benzene rings is 1. The van der Waals surface area contributed by atoms with Crippen LogP contribution in [0.15, 0.2) is 54.9 Å². The molecule has 0 spiro atoms. The van der Waals surface area contributed by atoms with Crippen molar-refractivity contribution in [2.45, 2.75) is 25.1 Å². The van der Waals surface area contributed by atoms with Crippen LogP contribution in [0.5, 0.6) is 0 Å². The van der Waals surface area contributed by atoms with Crippen molar-refractivity contribution in [1.82, 2.24) is 20.1 Å². The molecule has 4 rings (SSSR count). The van der Waals surface area contributed by atoms with Crippen molar-refractivity contribution in [3.63, 3.8) is 0 Å². The summed E-state index contributed by atoms with van der Waals surface area (Å²) in [4.78, 5) is 21.7. The number of nitrogens with one attached hydrogen (secondary N) is 1. The van der Waals surface area contributed by atoms with Crippen LogP contribution in [0.1, 0.15) is 23.6 Å². The molecule has 28 heavy (non-hydrogen) atoms. The van der Waals surface area contributed by atoms with Crippen LogP contribution < -0.4 is 5.32 Å². The zero-order chi connectivity index (χ0) is 19.2. The lowest BCUT2D eigenvalue weighted by molar-refractivity contribution is -0.139. The summed E-state index contributed by atoms with van der Waals surface area (Å²) in [6, 6.07) is 14.5. The quantitative estimate of drug-likeness (QED) is 0.858. The first-order chi connectivity index (χ1) is 13.8. The van der Waals surface area contributed by atoms with Crippen LogP contribution in [0.2, 0.25) is 0 Å². The van der Waals surface area contributed by atoms with Crippen LogP contribution >= 0.6 is 0 Å². The lowest BCUT2D eigenvalue weighted by atomic mass is 10.0. The van der Waals surface area contributed by atoms with E-state index in [0.717, 1.165) is 44.8 Å². The minimum absolute atomic E-state index is 0.0407. The molecule has 2 aliphatic rings. The average molecular weight is 380 g/mol. The number of carbonyl (C=O) groups excluding carboxylic acids is 1. The Bertz CT molecular complexity index is 756. The maximum Gasteiger partial charge on any atom is 0.225 e. The monoisotopic (exact) mass is 380 g/mol. The van der Waals surface area contributed by atoms with Crippen molar-refractivity contribution in [2.24, 2.45) is 0 Å². The summed E-state index contributed by atoms with van der Waals surface area (Å²) in [6.07, 6.45) is 4.01. The third-order valence-corrected chi connectivity index (χ3v) is 5.51. The Hall–Kier alpha value is -2.28. The van der Waals surface area contributed by atoms with Crippen molar-refractivity contribution in [3.8, 4) is 0 Å². The topological polar surface area (TPSA) is 57.7 Å². The number of hydrogen-bond donors (Lipinski definition) is 1. The Morgan fingerprint density at radius 2 is 2.07 bits per heavy atom. The standard InChI is InChI=1S/C22H28N4O2/c27-22(26-10-9-24-15-21(26)19-7-4-8-23-14-19)13-20-17-25(11-12-28-20)16-18-5-2-1-3-6-18/h1-8,14,20-21,24H,9-13,15-17H2. The molecule has 3 heterocycles. The van der Waals surface area contributed by atoms with Gasteiger partial charge in [-0.15, -0.1) is 0 Å². The van der Waals surface area contributed by atoms with Gasteiger partial charge in [0.1, 0.15) is 0 Å². The number of carbonyl (C=O) groups is 1. The van der Waals surface area contributed by atoms with Crippen LogP contribution in [0, 0.1) is 0 Å². The molecule has 0 saturated carbocycles. The van der Waals surface area contributed by atoms with Gasteiger partial charge in [0.15, 0.2) is 0 Å². The Morgan fingerprint density at radius 1 is 1.18 bits per heavy atom.